The third-order valence-electron chi connectivity index (χ3n) is 5.27. The van der Waals surface area contributed by atoms with Crippen LogP contribution in [0.1, 0.15) is 30.5 Å². The predicted molar refractivity (Wildman–Crippen MR) is 128 cm³/mol. The van der Waals surface area contributed by atoms with Crippen LogP contribution in [0.15, 0.2) is 84.9 Å². The third-order valence-corrected chi connectivity index (χ3v) is 5.27. The van der Waals surface area contributed by atoms with E-state index in [0.29, 0.717) is 12.4 Å². The number of esters is 1. The van der Waals surface area contributed by atoms with E-state index in [2.05, 4.69) is 5.32 Å². The van der Waals surface area contributed by atoms with Gasteiger partial charge in [0.05, 0.1) is 6.07 Å². The zero-order chi connectivity index (χ0) is 24.4. The molecule has 3 aromatic carbocycles. The highest BCUT2D eigenvalue weighted by atomic mass is 16.5. The molecule has 6 nitrogen and oxygen atoms in total. The molecule has 0 aliphatic heterocycles. The number of nitrogens with zero attached hydrogens (tertiary/aromatic N) is 1. The van der Waals surface area contributed by atoms with E-state index in [4.69, 9.17) is 9.47 Å². The molecule has 0 heterocycles. The van der Waals surface area contributed by atoms with Crippen molar-refractivity contribution >= 4 is 11.9 Å². The van der Waals surface area contributed by atoms with Crippen molar-refractivity contribution in [3.05, 3.63) is 102 Å². The van der Waals surface area contributed by atoms with Gasteiger partial charge in [0.1, 0.15) is 30.4 Å². The lowest BCUT2D eigenvalue weighted by atomic mass is 9.93. The van der Waals surface area contributed by atoms with Gasteiger partial charge >= 0.3 is 5.97 Å². The number of nitrogens with one attached hydrogen (secondary N) is 1. The van der Waals surface area contributed by atoms with Crippen LogP contribution in [0.4, 0.5) is 0 Å². The molecule has 0 aliphatic carbocycles. The molecule has 3 rings (SSSR count). The number of hydrogen-bond donors (Lipinski definition) is 1. The van der Waals surface area contributed by atoms with Gasteiger partial charge < -0.3 is 14.8 Å². The molecule has 0 bridgehead atoms. The van der Waals surface area contributed by atoms with Gasteiger partial charge in [0, 0.05) is 6.42 Å². The van der Waals surface area contributed by atoms with Gasteiger partial charge in [-0.05, 0) is 42.7 Å². The van der Waals surface area contributed by atoms with Crippen molar-refractivity contribution in [3.63, 3.8) is 0 Å². The number of carbonyl (C=O) groups excluding carboxylic acids is 2. The number of carbonyl (C=O) groups is 2. The van der Waals surface area contributed by atoms with Crippen LogP contribution >= 0.6 is 0 Å². The summed E-state index contributed by atoms with van der Waals surface area (Å²) in [6, 6.07) is 27.5. The van der Waals surface area contributed by atoms with Gasteiger partial charge in [0.25, 0.3) is 0 Å². The lowest BCUT2D eigenvalue weighted by molar-refractivity contribution is -0.149. The lowest BCUT2D eigenvalue weighted by Crippen LogP contribution is -2.48. The summed E-state index contributed by atoms with van der Waals surface area (Å²) in [6.45, 7) is 3.56. The highest BCUT2D eigenvalue weighted by molar-refractivity contribution is 5.89. The molecule has 0 aromatic heterocycles. The molecule has 0 saturated heterocycles. The molecule has 1 N–H and O–H groups in total. The molecular formula is C28H28N2O4. The standard InChI is InChI=1S/C28H28N2O4/c1-28(2,20-29)27(32)30-25(26(31)34-19-23-11-7-4-8-12-23)17-21-13-15-24(16-14-21)33-18-22-9-5-3-6-10-22/h3-16,25H,17-19H2,1-2H3,(H,30,32)/t25-/m0/s1. The fourth-order valence-electron chi connectivity index (χ4n) is 3.11. The maximum Gasteiger partial charge on any atom is 0.329 e. The van der Waals surface area contributed by atoms with Crippen LogP contribution in [0, 0.1) is 16.7 Å². The first-order valence-corrected chi connectivity index (χ1v) is 11.1. The largest absolute Gasteiger partial charge is 0.489 e. The Labute approximate surface area is 200 Å². The van der Waals surface area contributed by atoms with Gasteiger partial charge in [-0.1, -0.05) is 72.8 Å². The molecule has 174 valence electrons. The van der Waals surface area contributed by atoms with Crippen molar-refractivity contribution in [1.29, 1.82) is 5.26 Å². The van der Waals surface area contributed by atoms with Gasteiger partial charge in [0.2, 0.25) is 5.91 Å². The van der Waals surface area contributed by atoms with Gasteiger partial charge in [-0.3, -0.25) is 4.79 Å². The molecule has 0 saturated carbocycles. The maximum atomic E-state index is 12.9. The molecular weight excluding hydrogens is 428 g/mol. The maximum absolute atomic E-state index is 12.9. The van der Waals surface area contributed by atoms with E-state index in [9.17, 15) is 14.9 Å². The quantitative estimate of drug-likeness (QED) is 0.451. The van der Waals surface area contributed by atoms with Crippen LogP contribution in [0.5, 0.6) is 5.75 Å². The van der Waals surface area contributed by atoms with Crippen LogP contribution in [-0.2, 0) is 34.0 Å². The zero-order valence-corrected chi connectivity index (χ0v) is 19.4. The topological polar surface area (TPSA) is 88.4 Å². The van der Waals surface area contributed by atoms with Gasteiger partial charge in [-0.15, -0.1) is 0 Å². The van der Waals surface area contributed by atoms with Crippen LogP contribution in [0.3, 0.4) is 0 Å². The van der Waals surface area contributed by atoms with Crippen molar-refractivity contribution in [2.75, 3.05) is 0 Å². The average Bonchev–Trinajstić information content (AvgIpc) is 2.87. The number of ether oxygens (including phenoxy) is 2. The Hall–Kier alpha value is -4.11. The smallest absolute Gasteiger partial charge is 0.329 e. The van der Waals surface area contributed by atoms with E-state index in [1.54, 1.807) is 0 Å². The third kappa shape index (κ3) is 7.21. The summed E-state index contributed by atoms with van der Waals surface area (Å²) in [5.74, 6) is -0.389. The minimum atomic E-state index is -1.27. The zero-order valence-electron chi connectivity index (χ0n) is 19.4. The summed E-state index contributed by atoms with van der Waals surface area (Å²) in [7, 11) is 0. The molecule has 1 amide bonds. The molecule has 0 spiro atoms. The number of rotatable bonds is 10. The minimum Gasteiger partial charge on any atom is -0.489 e. The molecule has 6 heteroatoms. The highest BCUT2D eigenvalue weighted by Crippen LogP contribution is 2.18. The van der Waals surface area contributed by atoms with E-state index in [1.807, 2.05) is 91.0 Å². The Kier molecular flexibility index (Phi) is 8.42. The van der Waals surface area contributed by atoms with Crippen molar-refractivity contribution in [3.8, 4) is 11.8 Å². The second-order valence-corrected chi connectivity index (χ2v) is 8.48. The molecule has 34 heavy (non-hydrogen) atoms. The van der Waals surface area contributed by atoms with E-state index in [-0.39, 0.29) is 13.0 Å². The van der Waals surface area contributed by atoms with Gasteiger partial charge in [-0.2, -0.15) is 5.26 Å². The second-order valence-electron chi connectivity index (χ2n) is 8.48. The summed E-state index contributed by atoms with van der Waals surface area (Å²) in [5, 5.41) is 12.0. The predicted octanol–water partition coefficient (Wildman–Crippen LogP) is 4.59. The van der Waals surface area contributed by atoms with E-state index in [0.717, 1.165) is 16.7 Å². The summed E-state index contributed by atoms with van der Waals surface area (Å²) in [5.41, 5.74) is 1.46. The molecule has 3 aromatic rings. The van der Waals surface area contributed by atoms with Crippen molar-refractivity contribution in [2.24, 2.45) is 5.41 Å². The number of amides is 1. The monoisotopic (exact) mass is 456 g/mol. The Morgan fingerprint density at radius 2 is 1.41 bits per heavy atom. The number of nitriles is 1. The van der Waals surface area contributed by atoms with E-state index < -0.39 is 23.3 Å². The SMILES string of the molecule is CC(C)(C#N)C(=O)N[C@@H](Cc1ccc(OCc2ccccc2)cc1)C(=O)OCc1ccccc1. The Balaban J connectivity index is 1.66. The molecule has 0 aliphatic rings. The van der Waals surface area contributed by atoms with Gasteiger partial charge in [-0.25, -0.2) is 4.79 Å². The van der Waals surface area contributed by atoms with Crippen molar-refractivity contribution in [1.82, 2.24) is 5.32 Å². The first-order valence-electron chi connectivity index (χ1n) is 11.1. The fourth-order valence-corrected chi connectivity index (χ4v) is 3.11. The summed E-state index contributed by atoms with van der Waals surface area (Å²) >= 11 is 0. The average molecular weight is 457 g/mol. The Morgan fingerprint density at radius 1 is 0.853 bits per heavy atom. The number of hydrogen-bond acceptors (Lipinski definition) is 5. The summed E-state index contributed by atoms with van der Waals surface area (Å²) in [4.78, 5) is 25.4. The Morgan fingerprint density at radius 3 is 1.97 bits per heavy atom. The Bertz CT molecular complexity index is 1120. The van der Waals surface area contributed by atoms with Crippen molar-refractivity contribution < 1.29 is 19.1 Å². The molecule has 0 unspecified atom stereocenters. The van der Waals surface area contributed by atoms with Crippen LogP contribution < -0.4 is 10.1 Å². The van der Waals surface area contributed by atoms with E-state index >= 15 is 0 Å². The highest BCUT2D eigenvalue weighted by Gasteiger charge is 2.32. The lowest BCUT2D eigenvalue weighted by Gasteiger charge is -2.22. The fraction of sp³-hybridized carbons (Fsp3) is 0.250. The first kappa shape index (κ1) is 24.5. The van der Waals surface area contributed by atoms with Crippen LogP contribution in [0.2, 0.25) is 0 Å². The number of benzene rings is 3. The van der Waals surface area contributed by atoms with Crippen LogP contribution in [0.25, 0.3) is 0 Å². The first-order chi connectivity index (χ1) is 16.4. The summed E-state index contributed by atoms with van der Waals surface area (Å²) in [6.07, 6.45) is 0.222. The van der Waals surface area contributed by atoms with E-state index in [1.165, 1.54) is 13.8 Å². The van der Waals surface area contributed by atoms with Gasteiger partial charge in [0.15, 0.2) is 0 Å². The van der Waals surface area contributed by atoms with Crippen LogP contribution in [-0.4, -0.2) is 17.9 Å². The van der Waals surface area contributed by atoms with Crippen molar-refractivity contribution in [2.45, 2.75) is 39.5 Å². The molecule has 1 atom stereocenters. The minimum absolute atomic E-state index is 0.0972. The normalized spacial score (nSPS) is 11.7. The molecule has 0 radical (unpaired) electrons. The summed E-state index contributed by atoms with van der Waals surface area (Å²) < 4.78 is 11.3. The second kappa shape index (κ2) is 11.7. The molecule has 0 fully saturated rings.